The number of hydrogen-bond acceptors (Lipinski definition) is 3. The SMILES string of the molecule is CCCN1C(=O)CCN(C[C@@H]2C[C@@H]3c4cccc5[nH]cc(c45)C[C@H]3N(C)C2)C1=O. The Bertz CT molecular complexity index is 952. The summed E-state index contributed by atoms with van der Waals surface area (Å²) >= 11 is 0. The largest absolute Gasteiger partial charge is 0.361 e. The number of aromatic amines is 1. The molecule has 0 bridgehead atoms. The summed E-state index contributed by atoms with van der Waals surface area (Å²) in [5.41, 5.74) is 4.13. The Kier molecular flexibility index (Phi) is 4.62. The summed E-state index contributed by atoms with van der Waals surface area (Å²) in [6.07, 6.45) is 5.63. The molecule has 0 radical (unpaired) electrons. The van der Waals surface area contributed by atoms with Crippen molar-refractivity contribution < 1.29 is 9.59 Å². The number of piperidine rings is 1. The molecular weight excluding hydrogens is 364 g/mol. The van der Waals surface area contributed by atoms with E-state index in [0.29, 0.717) is 37.4 Å². The average molecular weight is 395 g/mol. The molecule has 0 saturated carbocycles. The number of aromatic nitrogens is 1. The lowest BCUT2D eigenvalue weighted by Gasteiger charge is -2.47. The first-order valence-corrected chi connectivity index (χ1v) is 10.9. The van der Waals surface area contributed by atoms with Crippen molar-refractivity contribution in [1.82, 2.24) is 19.7 Å². The molecule has 1 aliphatic carbocycles. The summed E-state index contributed by atoms with van der Waals surface area (Å²) in [5.74, 6) is 0.907. The van der Waals surface area contributed by atoms with Gasteiger partial charge in [0.25, 0.3) is 0 Å². The number of fused-ring (bicyclic) bond motifs is 2. The Morgan fingerprint density at radius 2 is 2.10 bits per heavy atom. The van der Waals surface area contributed by atoms with Gasteiger partial charge >= 0.3 is 6.03 Å². The van der Waals surface area contributed by atoms with E-state index in [4.69, 9.17) is 0 Å². The van der Waals surface area contributed by atoms with Gasteiger partial charge in [0, 0.05) is 61.7 Å². The van der Waals surface area contributed by atoms with Crippen LogP contribution in [0.15, 0.2) is 24.4 Å². The molecule has 6 heteroatoms. The number of benzene rings is 1. The molecule has 29 heavy (non-hydrogen) atoms. The molecule has 3 amide bonds. The summed E-state index contributed by atoms with van der Waals surface area (Å²) in [5, 5.41) is 1.41. The minimum atomic E-state index is -0.0912. The molecule has 154 valence electrons. The fourth-order valence-electron chi connectivity index (χ4n) is 5.85. The zero-order chi connectivity index (χ0) is 20.1. The Hall–Kier alpha value is -2.34. The van der Waals surface area contributed by atoms with Gasteiger partial charge in [0.05, 0.1) is 0 Å². The van der Waals surface area contributed by atoms with Crippen LogP contribution in [0.3, 0.4) is 0 Å². The monoisotopic (exact) mass is 394 g/mol. The third kappa shape index (κ3) is 3.05. The number of imide groups is 1. The summed E-state index contributed by atoms with van der Waals surface area (Å²) in [6, 6.07) is 7.05. The predicted molar refractivity (Wildman–Crippen MR) is 113 cm³/mol. The highest BCUT2D eigenvalue weighted by molar-refractivity contribution is 5.96. The van der Waals surface area contributed by atoms with Crippen LogP contribution in [0.5, 0.6) is 0 Å². The fraction of sp³-hybridized carbons (Fsp3) is 0.565. The van der Waals surface area contributed by atoms with E-state index < -0.39 is 0 Å². The number of H-pyrrole nitrogens is 1. The van der Waals surface area contributed by atoms with Crippen LogP contribution in [0, 0.1) is 5.92 Å². The van der Waals surface area contributed by atoms with Gasteiger partial charge in [-0.25, -0.2) is 4.79 Å². The first-order chi connectivity index (χ1) is 14.1. The first-order valence-electron chi connectivity index (χ1n) is 10.9. The van der Waals surface area contributed by atoms with Gasteiger partial charge in [-0.1, -0.05) is 19.1 Å². The summed E-state index contributed by atoms with van der Waals surface area (Å²) in [4.78, 5) is 34.3. The van der Waals surface area contributed by atoms with Gasteiger partial charge in [-0.05, 0) is 49.4 Å². The van der Waals surface area contributed by atoms with Crippen molar-refractivity contribution >= 4 is 22.8 Å². The smallest absolute Gasteiger partial charge is 0.326 e. The molecule has 3 aliphatic rings. The number of nitrogens with one attached hydrogen (secondary N) is 1. The molecule has 6 nitrogen and oxygen atoms in total. The van der Waals surface area contributed by atoms with Gasteiger partial charge < -0.3 is 14.8 Å². The Labute approximate surface area is 171 Å². The average Bonchev–Trinajstić information content (AvgIpc) is 3.13. The number of likely N-dealkylation sites (N-methyl/N-ethyl adjacent to an activating group) is 1. The third-order valence-electron chi connectivity index (χ3n) is 7.14. The summed E-state index contributed by atoms with van der Waals surface area (Å²) in [7, 11) is 2.23. The lowest BCUT2D eigenvalue weighted by molar-refractivity contribution is -0.131. The molecule has 2 aliphatic heterocycles. The molecule has 1 aromatic carbocycles. The van der Waals surface area contributed by atoms with Crippen LogP contribution in [0.1, 0.15) is 43.2 Å². The maximum absolute atomic E-state index is 12.9. The van der Waals surface area contributed by atoms with Crippen LogP contribution < -0.4 is 0 Å². The molecular formula is C23H30N4O2. The van der Waals surface area contributed by atoms with Gasteiger partial charge in [-0.15, -0.1) is 0 Å². The zero-order valence-electron chi connectivity index (χ0n) is 17.4. The molecule has 3 heterocycles. The van der Waals surface area contributed by atoms with Crippen molar-refractivity contribution in [3.8, 4) is 0 Å². The van der Waals surface area contributed by atoms with Crippen molar-refractivity contribution in [2.45, 2.75) is 44.6 Å². The van der Waals surface area contributed by atoms with E-state index in [1.165, 1.54) is 26.9 Å². The lowest BCUT2D eigenvalue weighted by Crippen LogP contribution is -2.56. The predicted octanol–water partition coefficient (Wildman–Crippen LogP) is 3.19. The highest BCUT2D eigenvalue weighted by Gasteiger charge is 2.41. The first kappa shape index (κ1) is 18.7. The lowest BCUT2D eigenvalue weighted by atomic mass is 9.72. The van der Waals surface area contributed by atoms with E-state index in [2.05, 4.69) is 41.3 Å². The number of carbonyl (C=O) groups is 2. The topological polar surface area (TPSA) is 59.7 Å². The number of hydrogen-bond donors (Lipinski definition) is 1. The van der Waals surface area contributed by atoms with Crippen molar-refractivity contribution in [2.75, 3.05) is 33.2 Å². The van der Waals surface area contributed by atoms with E-state index in [9.17, 15) is 9.59 Å². The number of amides is 3. The van der Waals surface area contributed by atoms with Crippen LogP contribution in [-0.2, 0) is 11.2 Å². The molecule has 2 fully saturated rings. The second-order valence-electron chi connectivity index (χ2n) is 9.03. The normalized spacial score (nSPS) is 27.6. The number of nitrogens with zero attached hydrogens (tertiary/aromatic N) is 3. The van der Waals surface area contributed by atoms with Crippen LogP contribution in [0.4, 0.5) is 4.79 Å². The molecule has 2 saturated heterocycles. The quantitative estimate of drug-likeness (QED) is 0.866. The molecule has 0 spiro atoms. The van der Waals surface area contributed by atoms with Crippen molar-refractivity contribution in [3.05, 3.63) is 35.5 Å². The zero-order valence-corrected chi connectivity index (χ0v) is 17.4. The minimum absolute atomic E-state index is 0.0205. The Balaban J connectivity index is 1.37. The Morgan fingerprint density at radius 3 is 2.93 bits per heavy atom. The van der Waals surface area contributed by atoms with Gasteiger partial charge in [-0.2, -0.15) is 0 Å². The van der Waals surface area contributed by atoms with Crippen LogP contribution in [0.2, 0.25) is 0 Å². The van der Waals surface area contributed by atoms with E-state index in [1.54, 1.807) is 0 Å². The maximum atomic E-state index is 12.9. The van der Waals surface area contributed by atoms with E-state index in [1.807, 2.05) is 11.8 Å². The van der Waals surface area contributed by atoms with Crippen molar-refractivity contribution in [2.24, 2.45) is 5.92 Å². The number of likely N-dealkylation sites (tertiary alicyclic amines) is 1. The second-order valence-corrected chi connectivity index (χ2v) is 9.03. The molecule has 0 unspecified atom stereocenters. The van der Waals surface area contributed by atoms with Gasteiger partial charge in [-0.3, -0.25) is 9.69 Å². The molecule has 1 N–H and O–H groups in total. The number of urea groups is 1. The second kappa shape index (κ2) is 7.17. The fourth-order valence-corrected chi connectivity index (χ4v) is 5.85. The van der Waals surface area contributed by atoms with E-state index in [0.717, 1.165) is 32.4 Å². The van der Waals surface area contributed by atoms with Gasteiger partial charge in [0.1, 0.15) is 0 Å². The van der Waals surface area contributed by atoms with Crippen LogP contribution in [-0.4, -0.2) is 70.9 Å². The van der Waals surface area contributed by atoms with Gasteiger partial charge in [0.15, 0.2) is 0 Å². The van der Waals surface area contributed by atoms with E-state index >= 15 is 0 Å². The summed E-state index contributed by atoms with van der Waals surface area (Å²) in [6.45, 7) is 4.85. The number of rotatable bonds is 4. The Morgan fingerprint density at radius 1 is 1.24 bits per heavy atom. The minimum Gasteiger partial charge on any atom is -0.361 e. The third-order valence-corrected chi connectivity index (χ3v) is 7.14. The molecule has 2 aromatic rings. The van der Waals surface area contributed by atoms with Gasteiger partial charge in [0.2, 0.25) is 5.91 Å². The van der Waals surface area contributed by atoms with Crippen molar-refractivity contribution in [1.29, 1.82) is 0 Å². The van der Waals surface area contributed by atoms with Crippen LogP contribution in [0.25, 0.3) is 10.9 Å². The maximum Gasteiger partial charge on any atom is 0.326 e. The highest BCUT2D eigenvalue weighted by Crippen LogP contribution is 2.44. The molecule has 5 rings (SSSR count). The number of carbonyl (C=O) groups excluding carboxylic acids is 2. The summed E-state index contributed by atoms with van der Waals surface area (Å²) < 4.78 is 0. The van der Waals surface area contributed by atoms with Crippen molar-refractivity contribution in [3.63, 3.8) is 0 Å². The van der Waals surface area contributed by atoms with E-state index in [-0.39, 0.29) is 11.9 Å². The highest BCUT2D eigenvalue weighted by atomic mass is 16.2. The molecule has 3 atom stereocenters. The van der Waals surface area contributed by atoms with Crippen LogP contribution >= 0.6 is 0 Å². The molecule has 1 aromatic heterocycles. The standard InChI is InChI=1S/C23H30N4O2/c1-3-8-27-21(28)7-9-26(23(27)29)14-15-10-18-17-5-4-6-19-22(17)16(12-24-19)11-20(18)25(2)13-15/h4-6,12,15,18,20,24H,3,7-11,13-14H2,1-2H3/t15-,18-,20-/m1/s1.